The smallest absolute Gasteiger partial charge is 0.254 e. The normalized spacial score (nSPS) is 17.1. The number of benzene rings is 1. The fourth-order valence-corrected chi connectivity index (χ4v) is 5.02. The third-order valence-corrected chi connectivity index (χ3v) is 6.82. The summed E-state index contributed by atoms with van der Waals surface area (Å²) in [5.41, 5.74) is 5.32. The van der Waals surface area contributed by atoms with Crippen molar-refractivity contribution in [2.24, 2.45) is 0 Å². The molecule has 0 fully saturated rings. The highest BCUT2D eigenvalue weighted by Crippen LogP contribution is 2.27. The maximum atomic E-state index is 5.90. The zero-order valence-corrected chi connectivity index (χ0v) is 21.2. The van der Waals surface area contributed by atoms with Gasteiger partial charge >= 0.3 is 0 Å². The highest BCUT2D eigenvalue weighted by molar-refractivity contribution is 6.99. The Morgan fingerprint density at radius 1 is 0.848 bits per heavy atom. The Labute approximate surface area is 208 Å². The molecule has 0 N–H and O–H groups in total. The van der Waals surface area contributed by atoms with E-state index in [0.29, 0.717) is 17.6 Å². The van der Waals surface area contributed by atoms with Crippen molar-refractivity contribution in [3.05, 3.63) is 64.6 Å². The summed E-state index contributed by atoms with van der Waals surface area (Å²) in [4.78, 5) is 4.54. The van der Waals surface area contributed by atoms with Crippen LogP contribution in [0, 0.1) is 0 Å². The standard InChI is InChI=1S/C15H17N3OS.C8H10ClN3S/c1-18-9-5-8-13(10-18)14-15(17-20-16-14)19-11-12-6-3-2-4-7-12;1-12-4-2-3-6(5-12)7-8(9)11-13-10-7/h2-4,6-8H,5,9-11H2,1H3;3H,2,4-5H2,1H3. The first-order valence-corrected chi connectivity index (χ1v) is 12.7. The summed E-state index contributed by atoms with van der Waals surface area (Å²) >= 11 is 8.28. The maximum Gasteiger partial charge on any atom is 0.254 e. The van der Waals surface area contributed by atoms with Crippen molar-refractivity contribution in [1.29, 1.82) is 0 Å². The van der Waals surface area contributed by atoms with Gasteiger partial charge in [-0.25, -0.2) is 0 Å². The van der Waals surface area contributed by atoms with Gasteiger partial charge in [0.2, 0.25) is 0 Å². The molecule has 2 aliphatic heterocycles. The van der Waals surface area contributed by atoms with Crippen molar-refractivity contribution < 1.29 is 4.74 Å². The van der Waals surface area contributed by atoms with Crippen LogP contribution in [0.1, 0.15) is 29.8 Å². The first kappa shape index (κ1) is 24.0. The van der Waals surface area contributed by atoms with E-state index in [1.165, 1.54) is 34.6 Å². The second-order valence-electron chi connectivity index (χ2n) is 8.11. The number of rotatable bonds is 5. The Balaban J connectivity index is 0.000000172. The number of aromatic nitrogens is 4. The Bertz CT molecular complexity index is 1100. The lowest BCUT2D eigenvalue weighted by Gasteiger charge is -2.22. The van der Waals surface area contributed by atoms with E-state index in [9.17, 15) is 0 Å². The molecule has 0 bridgehead atoms. The number of ether oxygens (including phenoxy) is 1. The number of halogens is 1. The lowest BCUT2D eigenvalue weighted by molar-refractivity contribution is 0.294. The van der Waals surface area contributed by atoms with Crippen molar-refractivity contribution in [3.8, 4) is 5.88 Å². The molecule has 7 nitrogen and oxygen atoms in total. The Morgan fingerprint density at radius 3 is 2.06 bits per heavy atom. The molecule has 3 aromatic rings. The average molecular weight is 503 g/mol. The number of hydrogen-bond acceptors (Lipinski definition) is 9. The van der Waals surface area contributed by atoms with Gasteiger partial charge in [0.15, 0.2) is 5.15 Å². The Hall–Kier alpha value is -2.17. The van der Waals surface area contributed by atoms with Crippen LogP contribution in [0.2, 0.25) is 5.15 Å². The lowest BCUT2D eigenvalue weighted by atomic mass is 10.1. The summed E-state index contributed by atoms with van der Waals surface area (Å²) in [6, 6.07) is 10.1. The highest BCUT2D eigenvalue weighted by atomic mass is 35.5. The molecular weight excluding hydrogens is 476 g/mol. The monoisotopic (exact) mass is 502 g/mol. The van der Waals surface area contributed by atoms with E-state index in [1.807, 2.05) is 30.3 Å². The van der Waals surface area contributed by atoms with Crippen LogP contribution in [0.5, 0.6) is 5.88 Å². The zero-order valence-electron chi connectivity index (χ0n) is 18.8. The van der Waals surface area contributed by atoms with E-state index in [1.54, 1.807) is 0 Å². The molecule has 0 spiro atoms. The molecule has 0 unspecified atom stereocenters. The molecule has 4 heterocycles. The van der Waals surface area contributed by atoms with E-state index in [0.717, 1.165) is 56.0 Å². The molecule has 0 radical (unpaired) electrons. The van der Waals surface area contributed by atoms with Gasteiger partial charge in [0.1, 0.15) is 18.0 Å². The van der Waals surface area contributed by atoms with Gasteiger partial charge in [-0.15, -0.1) is 4.37 Å². The van der Waals surface area contributed by atoms with Gasteiger partial charge in [0.25, 0.3) is 5.88 Å². The third kappa shape index (κ3) is 6.68. The number of nitrogens with zero attached hydrogens (tertiary/aromatic N) is 6. The quantitative estimate of drug-likeness (QED) is 0.498. The average Bonchev–Trinajstić information content (AvgIpc) is 3.48. The molecule has 0 saturated heterocycles. The molecule has 0 amide bonds. The topological polar surface area (TPSA) is 67.3 Å². The molecule has 10 heteroatoms. The predicted octanol–water partition coefficient (Wildman–Crippen LogP) is 4.75. The predicted molar refractivity (Wildman–Crippen MR) is 136 cm³/mol. The van der Waals surface area contributed by atoms with Gasteiger partial charge in [-0.05, 0) is 43.6 Å². The van der Waals surface area contributed by atoms with E-state index in [-0.39, 0.29) is 0 Å². The number of likely N-dealkylation sites (N-methyl/N-ethyl adjacent to an activating group) is 2. The maximum absolute atomic E-state index is 5.90. The number of hydrogen-bond donors (Lipinski definition) is 0. The first-order chi connectivity index (χ1) is 16.1. The minimum absolute atomic E-state index is 0.530. The van der Waals surface area contributed by atoms with Crippen molar-refractivity contribution in [2.75, 3.05) is 40.3 Å². The van der Waals surface area contributed by atoms with E-state index < -0.39 is 0 Å². The van der Waals surface area contributed by atoms with Crippen LogP contribution in [0.25, 0.3) is 11.1 Å². The van der Waals surface area contributed by atoms with E-state index >= 15 is 0 Å². The van der Waals surface area contributed by atoms with E-state index in [4.69, 9.17) is 16.3 Å². The minimum Gasteiger partial charge on any atom is -0.471 e. The molecule has 1 aromatic carbocycles. The molecular formula is C23H27ClN6OS2. The van der Waals surface area contributed by atoms with Crippen LogP contribution < -0.4 is 4.74 Å². The van der Waals surface area contributed by atoms with Crippen LogP contribution in [0.4, 0.5) is 0 Å². The van der Waals surface area contributed by atoms with Crippen LogP contribution in [-0.2, 0) is 6.61 Å². The molecule has 0 atom stereocenters. The zero-order chi connectivity index (χ0) is 23.0. The van der Waals surface area contributed by atoms with Crippen LogP contribution >= 0.6 is 35.1 Å². The highest BCUT2D eigenvalue weighted by Gasteiger charge is 2.18. The molecule has 0 aliphatic carbocycles. The van der Waals surface area contributed by atoms with Crippen molar-refractivity contribution in [2.45, 2.75) is 19.4 Å². The Morgan fingerprint density at radius 2 is 1.45 bits per heavy atom. The molecule has 2 aliphatic rings. The second-order valence-corrected chi connectivity index (χ2v) is 9.52. The van der Waals surface area contributed by atoms with Crippen LogP contribution in [-0.4, -0.2) is 67.6 Å². The van der Waals surface area contributed by atoms with Gasteiger partial charge in [0.05, 0.1) is 23.5 Å². The molecule has 2 aromatic heterocycles. The summed E-state index contributed by atoms with van der Waals surface area (Å²) in [5.74, 6) is 0.653. The third-order valence-electron chi connectivity index (χ3n) is 5.42. The lowest BCUT2D eigenvalue weighted by Crippen LogP contribution is -2.25. The molecule has 0 saturated carbocycles. The fourth-order valence-electron chi connectivity index (χ4n) is 3.70. The molecule has 174 valence electrons. The van der Waals surface area contributed by atoms with Gasteiger partial charge in [0, 0.05) is 26.2 Å². The summed E-state index contributed by atoms with van der Waals surface area (Å²) < 4.78 is 22.6. The van der Waals surface area contributed by atoms with Crippen molar-refractivity contribution in [3.63, 3.8) is 0 Å². The minimum atomic E-state index is 0.530. The largest absolute Gasteiger partial charge is 0.471 e. The van der Waals surface area contributed by atoms with E-state index in [2.05, 4.69) is 53.5 Å². The molecule has 5 rings (SSSR count). The van der Waals surface area contributed by atoms with Crippen LogP contribution in [0.15, 0.2) is 42.5 Å². The summed E-state index contributed by atoms with van der Waals surface area (Å²) in [7, 11) is 4.22. The molecule has 33 heavy (non-hydrogen) atoms. The first-order valence-electron chi connectivity index (χ1n) is 10.8. The van der Waals surface area contributed by atoms with Crippen molar-refractivity contribution >= 4 is 46.2 Å². The summed E-state index contributed by atoms with van der Waals surface area (Å²) in [6.45, 7) is 4.57. The summed E-state index contributed by atoms with van der Waals surface area (Å²) in [6.07, 6.45) is 6.57. The van der Waals surface area contributed by atoms with Gasteiger partial charge in [-0.1, -0.05) is 54.1 Å². The van der Waals surface area contributed by atoms with Gasteiger partial charge < -0.3 is 14.5 Å². The fraction of sp³-hybridized carbons (Fsp3) is 0.391. The van der Waals surface area contributed by atoms with Gasteiger partial charge in [-0.2, -0.15) is 13.1 Å². The summed E-state index contributed by atoms with van der Waals surface area (Å²) in [5, 5.41) is 0.534. The second kappa shape index (κ2) is 11.8. The van der Waals surface area contributed by atoms with Crippen LogP contribution in [0.3, 0.4) is 0 Å². The SMILES string of the molecule is CN1CCC=C(c2nsnc2Cl)C1.CN1CCC=C(c2nsnc2OCc2ccccc2)C1. The van der Waals surface area contributed by atoms with Gasteiger partial charge in [-0.3, -0.25) is 0 Å². The van der Waals surface area contributed by atoms with Crippen molar-refractivity contribution in [1.82, 2.24) is 27.3 Å². The Kier molecular flexibility index (Phi) is 8.57.